The van der Waals surface area contributed by atoms with Crippen molar-refractivity contribution in [2.45, 2.75) is 26.0 Å². The van der Waals surface area contributed by atoms with Gasteiger partial charge in [0.25, 0.3) is 0 Å². The molecule has 1 aliphatic heterocycles. The third-order valence-corrected chi connectivity index (χ3v) is 3.65. The van der Waals surface area contributed by atoms with Crippen molar-refractivity contribution in [3.63, 3.8) is 0 Å². The molecule has 2 rings (SSSR count). The number of rotatable bonds is 6. The van der Waals surface area contributed by atoms with Gasteiger partial charge in [-0.1, -0.05) is 0 Å². The van der Waals surface area contributed by atoms with Crippen LogP contribution in [-0.2, 0) is 11.3 Å². The largest absolute Gasteiger partial charge is 0.497 e. The van der Waals surface area contributed by atoms with Crippen molar-refractivity contribution in [2.24, 2.45) is 5.92 Å². The highest BCUT2D eigenvalue weighted by Gasteiger charge is 2.21. The summed E-state index contributed by atoms with van der Waals surface area (Å²) in [6, 6.07) is 4.53. The Hall–Kier alpha value is -1.60. The Morgan fingerprint density at radius 2 is 2.09 bits per heavy atom. The molecule has 0 radical (unpaired) electrons. The summed E-state index contributed by atoms with van der Waals surface area (Å²) >= 11 is 0. The van der Waals surface area contributed by atoms with Crippen molar-refractivity contribution in [2.75, 3.05) is 20.2 Å². The SMILES string of the molecule is COc1ccc(OC(F)F)c(CNC(=O)C2CCNCC2)c1.Cl. The van der Waals surface area contributed by atoms with Crippen LogP contribution in [0.15, 0.2) is 18.2 Å². The van der Waals surface area contributed by atoms with E-state index in [0.717, 1.165) is 25.9 Å². The van der Waals surface area contributed by atoms with Gasteiger partial charge < -0.3 is 20.1 Å². The molecule has 1 saturated heterocycles. The summed E-state index contributed by atoms with van der Waals surface area (Å²) in [6.07, 6.45) is 1.56. The minimum absolute atomic E-state index is 0. The topological polar surface area (TPSA) is 59.6 Å². The second-order valence-corrected chi connectivity index (χ2v) is 5.09. The minimum Gasteiger partial charge on any atom is -0.497 e. The van der Waals surface area contributed by atoms with Gasteiger partial charge in [-0.2, -0.15) is 8.78 Å². The number of carbonyl (C=O) groups is 1. The van der Waals surface area contributed by atoms with Gasteiger partial charge in [0, 0.05) is 18.0 Å². The minimum atomic E-state index is -2.91. The molecule has 1 aromatic rings. The smallest absolute Gasteiger partial charge is 0.387 e. The number of ether oxygens (including phenoxy) is 2. The van der Waals surface area contributed by atoms with Crippen molar-refractivity contribution < 1.29 is 23.0 Å². The summed E-state index contributed by atoms with van der Waals surface area (Å²) in [5.74, 6) is 0.466. The Kier molecular flexibility index (Phi) is 8.05. The summed E-state index contributed by atoms with van der Waals surface area (Å²) in [5, 5.41) is 5.98. The van der Waals surface area contributed by atoms with E-state index in [1.807, 2.05) is 0 Å². The van der Waals surface area contributed by atoms with E-state index in [1.54, 1.807) is 6.07 Å². The lowest BCUT2D eigenvalue weighted by molar-refractivity contribution is -0.125. The third-order valence-electron chi connectivity index (χ3n) is 3.65. The molecule has 1 aromatic carbocycles. The Bertz CT molecular complexity index is 511. The van der Waals surface area contributed by atoms with Crippen LogP contribution in [0, 0.1) is 5.92 Å². The lowest BCUT2D eigenvalue weighted by Crippen LogP contribution is -2.37. The number of hydrogen-bond donors (Lipinski definition) is 2. The molecule has 130 valence electrons. The van der Waals surface area contributed by atoms with E-state index in [4.69, 9.17) is 4.74 Å². The number of benzene rings is 1. The maximum atomic E-state index is 12.4. The second kappa shape index (κ2) is 9.52. The molecular weight excluding hydrogens is 330 g/mol. The van der Waals surface area contributed by atoms with Gasteiger partial charge in [0.05, 0.1) is 7.11 Å². The van der Waals surface area contributed by atoms with E-state index < -0.39 is 6.61 Å². The van der Waals surface area contributed by atoms with Gasteiger partial charge in [0.1, 0.15) is 11.5 Å². The zero-order valence-corrected chi connectivity index (χ0v) is 13.6. The Labute approximate surface area is 140 Å². The van der Waals surface area contributed by atoms with Crippen molar-refractivity contribution in [1.29, 1.82) is 0 Å². The fourth-order valence-electron chi connectivity index (χ4n) is 2.44. The molecule has 0 aromatic heterocycles. The highest BCUT2D eigenvalue weighted by Crippen LogP contribution is 2.26. The quantitative estimate of drug-likeness (QED) is 0.826. The molecule has 1 fully saturated rings. The van der Waals surface area contributed by atoms with Crippen LogP contribution in [-0.4, -0.2) is 32.7 Å². The van der Waals surface area contributed by atoms with Gasteiger partial charge >= 0.3 is 6.61 Å². The number of alkyl halides is 2. The summed E-state index contributed by atoms with van der Waals surface area (Å²) in [4.78, 5) is 12.1. The van der Waals surface area contributed by atoms with E-state index in [9.17, 15) is 13.6 Å². The molecule has 0 saturated carbocycles. The first-order chi connectivity index (χ1) is 10.6. The van der Waals surface area contributed by atoms with E-state index in [-0.39, 0.29) is 36.5 Å². The molecular formula is C15H21ClF2N2O3. The maximum Gasteiger partial charge on any atom is 0.387 e. The first-order valence-electron chi connectivity index (χ1n) is 7.20. The molecule has 0 unspecified atom stereocenters. The number of amides is 1. The molecule has 1 heterocycles. The Balaban J connectivity index is 0.00000264. The van der Waals surface area contributed by atoms with Gasteiger partial charge in [-0.25, -0.2) is 0 Å². The predicted molar refractivity (Wildman–Crippen MR) is 84.3 cm³/mol. The zero-order valence-electron chi connectivity index (χ0n) is 12.8. The summed E-state index contributed by atoms with van der Waals surface area (Å²) in [5.41, 5.74) is 0.460. The highest BCUT2D eigenvalue weighted by molar-refractivity contribution is 5.85. The average molecular weight is 351 g/mol. The normalized spacial score (nSPS) is 15.0. The summed E-state index contributed by atoms with van der Waals surface area (Å²) < 4.78 is 34.4. The van der Waals surface area contributed by atoms with Gasteiger partial charge in [-0.15, -0.1) is 12.4 Å². The molecule has 8 heteroatoms. The maximum absolute atomic E-state index is 12.4. The van der Waals surface area contributed by atoms with Crippen LogP contribution in [0.25, 0.3) is 0 Å². The van der Waals surface area contributed by atoms with E-state index in [1.165, 1.54) is 19.2 Å². The molecule has 1 aliphatic rings. The van der Waals surface area contributed by atoms with Gasteiger partial charge in [-0.05, 0) is 44.1 Å². The van der Waals surface area contributed by atoms with Crippen LogP contribution >= 0.6 is 12.4 Å². The zero-order chi connectivity index (χ0) is 15.9. The van der Waals surface area contributed by atoms with Crippen molar-refractivity contribution in [3.05, 3.63) is 23.8 Å². The lowest BCUT2D eigenvalue weighted by atomic mass is 9.97. The van der Waals surface area contributed by atoms with E-state index >= 15 is 0 Å². The van der Waals surface area contributed by atoms with Crippen molar-refractivity contribution in [3.8, 4) is 11.5 Å². The lowest BCUT2D eigenvalue weighted by Gasteiger charge is -2.22. The molecule has 0 aliphatic carbocycles. The molecule has 2 N–H and O–H groups in total. The van der Waals surface area contributed by atoms with Crippen LogP contribution < -0.4 is 20.1 Å². The Morgan fingerprint density at radius 1 is 1.39 bits per heavy atom. The van der Waals surface area contributed by atoms with Crippen molar-refractivity contribution in [1.82, 2.24) is 10.6 Å². The van der Waals surface area contributed by atoms with E-state index in [2.05, 4.69) is 15.4 Å². The standard InChI is InChI=1S/C15H20F2N2O3.ClH/c1-21-12-2-3-13(22-15(16)17)11(8-12)9-19-14(20)10-4-6-18-7-5-10;/h2-3,8,10,15,18H,4-7,9H2,1H3,(H,19,20);1H. The van der Waals surface area contributed by atoms with Crippen LogP contribution in [0.5, 0.6) is 11.5 Å². The third kappa shape index (κ3) is 5.84. The second-order valence-electron chi connectivity index (χ2n) is 5.09. The van der Waals surface area contributed by atoms with Crippen LogP contribution in [0.3, 0.4) is 0 Å². The van der Waals surface area contributed by atoms with Crippen molar-refractivity contribution >= 4 is 18.3 Å². The fourth-order valence-corrected chi connectivity index (χ4v) is 2.44. The average Bonchev–Trinajstić information content (AvgIpc) is 2.54. The van der Waals surface area contributed by atoms with Gasteiger partial charge in [-0.3, -0.25) is 4.79 Å². The van der Waals surface area contributed by atoms with Gasteiger partial charge in [0.2, 0.25) is 5.91 Å². The fraction of sp³-hybridized carbons (Fsp3) is 0.533. The first-order valence-corrected chi connectivity index (χ1v) is 7.20. The van der Waals surface area contributed by atoms with Crippen LogP contribution in [0.1, 0.15) is 18.4 Å². The van der Waals surface area contributed by atoms with Crippen LogP contribution in [0.2, 0.25) is 0 Å². The summed E-state index contributed by atoms with van der Waals surface area (Å²) in [7, 11) is 1.49. The monoisotopic (exact) mass is 350 g/mol. The number of methoxy groups -OCH3 is 1. The highest BCUT2D eigenvalue weighted by atomic mass is 35.5. The van der Waals surface area contributed by atoms with E-state index in [0.29, 0.717) is 11.3 Å². The molecule has 0 bridgehead atoms. The molecule has 23 heavy (non-hydrogen) atoms. The van der Waals surface area contributed by atoms with Crippen LogP contribution in [0.4, 0.5) is 8.78 Å². The molecule has 0 atom stereocenters. The number of carbonyl (C=O) groups excluding carboxylic acids is 1. The molecule has 0 spiro atoms. The first kappa shape index (κ1) is 19.4. The number of halogens is 3. The summed E-state index contributed by atoms with van der Waals surface area (Å²) in [6.45, 7) is -1.15. The number of hydrogen-bond acceptors (Lipinski definition) is 4. The van der Waals surface area contributed by atoms with Gasteiger partial charge in [0.15, 0.2) is 0 Å². The number of nitrogens with one attached hydrogen (secondary N) is 2. The Morgan fingerprint density at radius 3 is 2.70 bits per heavy atom. The predicted octanol–water partition coefficient (Wildman–Crippen LogP) is 2.33. The number of piperidine rings is 1. The molecule has 1 amide bonds. The molecule has 5 nitrogen and oxygen atoms in total.